The molecule has 1 atom stereocenters. The Bertz CT molecular complexity index is 444. The largest absolute Gasteiger partial charge is 0.323 e. The second-order valence-corrected chi connectivity index (χ2v) is 3.42. The molecule has 74 valence electrons. The summed E-state index contributed by atoms with van der Waals surface area (Å²) in [6.07, 6.45) is 2.69. The molecule has 0 saturated heterocycles. The highest BCUT2D eigenvalue weighted by molar-refractivity contribution is 5.39. The first-order chi connectivity index (χ1) is 6.72. The highest BCUT2D eigenvalue weighted by Gasteiger charge is 2.07. The normalized spacial score (nSPS) is 13.4. The van der Waals surface area contributed by atoms with Crippen LogP contribution in [0.4, 0.5) is 0 Å². The number of hydrogen-bond donors (Lipinski definition) is 1. The number of hydrogen-bond acceptors (Lipinski definition) is 3. The lowest BCUT2D eigenvalue weighted by atomic mass is 10.2. The Morgan fingerprint density at radius 1 is 1.57 bits per heavy atom. The molecule has 0 aromatic carbocycles. The number of nitrogens with two attached hydrogens (primary N) is 1. The highest BCUT2D eigenvalue weighted by Crippen LogP contribution is 2.12. The highest BCUT2D eigenvalue weighted by atomic mass is 15.2. The molecule has 0 aliphatic heterocycles. The zero-order chi connectivity index (χ0) is 10.1. The van der Waals surface area contributed by atoms with Crippen molar-refractivity contribution in [2.45, 2.75) is 26.3 Å². The lowest BCUT2D eigenvalue weighted by Gasteiger charge is -2.08. The van der Waals surface area contributed by atoms with Crippen LogP contribution in [0.2, 0.25) is 0 Å². The van der Waals surface area contributed by atoms with Crippen LogP contribution in [0.15, 0.2) is 18.3 Å². The summed E-state index contributed by atoms with van der Waals surface area (Å²) in [4.78, 5) is 4.42. The number of aromatic nitrogens is 3. The van der Waals surface area contributed by atoms with E-state index in [-0.39, 0.29) is 6.04 Å². The van der Waals surface area contributed by atoms with E-state index in [1.54, 1.807) is 6.20 Å². The smallest absolute Gasteiger partial charge is 0.155 e. The molecule has 1 unspecified atom stereocenters. The van der Waals surface area contributed by atoms with E-state index in [9.17, 15) is 0 Å². The summed E-state index contributed by atoms with van der Waals surface area (Å²) in [5.74, 6) is 0. The van der Waals surface area contributed by atoms with E-state index in [1.165, 1.54) is 0 Å². The first kappa shape index (κ1) is 9.15. The minimum absolute atomic E-state index is 0.0276. The van der Waals surface area contributed by atoms with Gasteiger partial charge in [-0.2, -0.15) is 5.10 Å². The lowest BCUT2D eigenvalue weighted by molar-refractivity contribution is 0.755. The maximum Gasteiger partial charge on any atom is 0.155 e. The molecule has 2 rings (SSSR count). The van der Waals surface area contributed by atoms with Gasteiger partial charge in [0.2, 0.25) is 0 Å². The molecule has 2 aromatic heterocycles. The molecule has 2 aromatic rings. The van der Waals surface area contributed by atoms with Gasteiger partial charge in [0.25, 0.3) is 0 Å². The van der Waals surface area contributed by atoms with E-state index < -0.39 is 0 Å². The van der Waals surface area contributed by atoms with Crippen molar-refractivity contribution >= 4 is 5.65 Å². The van der Waals surface area contributed by atoms with Crippen molar-refractivity contribution in [3.63, 3.8) is 0 Å². The van der Waals surface area contributed by atoms with E-state index in [0.29, 0.717) is 0 Å². The van der Waals surface area contributed by atoms with Gasteiger partial charge >= 0.3 is 0 Å². The van der Waals surface area contributed by atoms with Gasteiger partial charge in [-0.3, -0.25) is 0 Å². The Labute approximate surface area is 82.8 Å². The van der Waals surface area contributed by atoms with Crippen molar-refractivity contribution in [2.75, 3.05) is 0 Å². The molecular weight excluding hydrogens is 176 g/mol. The third-order valence-corrected chi connectivity index (χ3v) is 2.28. The van der Waals surface area contributed by atoms with Gasteiger partial charge in [-0.05, 0) is 19.4 Å². The van der Waals surface area contributed by atoms with Crippen LogP contribution in [0.5, 0.6) is 0 Å². The molecule has 4 heteroatoms. The number of aryl methyl sites for hydroxylation is 1. The minimum atomic E-state index is -0.0276. The van der Waals surface area contributed by atoms with Gasteiger partial charge in [0.15, 0.2) is 5.65 Å². The van der Waals surface area contributed by atoms with E-state index >= 15 is 0 Å². The minimum Gasteiger partial charge on any atom is -0.323 e. The van der Waals surface area contributed by atoms with Crippen LogP contribution in [-0.2, 0) is 6.42 Å². The van der Waals surface area contributed by atoms with Gasteiger partial charge in [-0.1, -0.05) is 6.92 Å². The fourth-order valence-corrected chi connectivity index (χ4v) is 1.48. The van der Waals surface area contributed by atoms with Crippen molar-refractivity contribution in [1.29, 1.82) is 0 Å². The zero-order valence-electron chi connectivity index (χ0n) is 8.44. The maximum absolute atomic E-state index is 5.80. The molecule has 0 saturated carbocycles. The fraction of sp³-hybridized carbons (Fsp3) is 0.400. The van der Waals surface area contributed by atoms with Crippen LogP contribution in [0.25, 0.3) is 5.65 Å². The lowest BCUT2D eigenvalue weighted by Crippen LogP contribution is -2.10. The molecule has 0 spiro atoms. The predicted octanol–water partition coefficient (Wildman–Crippen LogP) is 1.31. The van der Waals surface area contributed by atoms with Gasteiger partial charge in [-0.25, -0.2) is 9.50 Å². The molecule has 0 amide bonds. The van der Waals surface area contributed by atoms with Crippen molar-refractivity contribution in [3.05, 3.63) is 29.7 Å². The Morgan fingerprint density at radius 3 is 3.00 bits per heavy atom. The molecule has 0 fully saturated rings. The molecule has 0 aliphatic rings. The van der Waals surface area contributed by atoms with Crippen LogP contribution in [-0.4, -0.2) is 14.6 Å². The molecular formula is C10H14N4. The molecule has 14 heavy (non-hydrogen) atoms. The molecule has 2 heterocycles. The van der Waals surface area contributed by atoms with Crippen LogP contribution in [0.3, 0.4) is 0 Å². The Morgan fingerprint density at radius 2 is 2.36 bits per heavy atom. The molecule has 0 bridgehead atoms. The summed E-state index contributed by atoms with van der Waals surface area (Å²) in [5, 5.41) is 4.20. The Hall–Kier alpha value is -1.42. The Kier molecular flexibility index (Phi) is 2.21. The van der Waals surface area contributed by atoms with Crippen LogP contribution in [0, 0.1) is 0 Å². The van der Waals surface area contributed by atoms with Crippen molar-refractivity contribution in [3.8, 4) is 0 Å². The van der Waals surface area contributed by atoms with Gasteiger partial charge in [0, 0.05) is 17.8 Å². The first-order valence-electron chi connectivity index (χ1n) is 4.81. The van der Waals surface area contributed by atoms with E-state index in [1.807, 2.05) is 23.6 Å². The number of nitrogens with zero attached hydrogens (tertiary/aromatic N) is 3. The predicted molar refractivity (Wildman–Crippen MR) is 55.0 cm³/mol. The SMILES string of the molecule is CCc1cc(C(C)N)nc2ccnn12. The van der Waals surface area contributed by atoms with E-state index in [0.717, 1.165) is 23.5 Å². The quantitative estimate of drug-likeness (QED) is 0.776. The summed E-state index contributed by atoms with van der Waals surface area (Å²) in [6, 6.07) is 3.88. The molecule has 0 radical (unpaired) electrons. The topological polar surface area (TPSA) is 56.2 Å². The summed E-state index contributed by atoms with van der Waals surface area (Å²) in [7, 11) is 0. The van der Waals surface area contributed by atoms with Gasteiger partial charge in [0.1, 0.15) is 0 Å². The average Bonchev–Trinajstić information content (AvgIpc) is 2.63. The Balaban J connectivity index is 2.67. The fourth-order valence-electron chi connectivity index (χ4n) is 1.48. The third kappa shape index (κ3) is 1.37. The van der Waals surface area contributed by atoms with Crippen LogP contribution < -0.4 is 5.73 Å². The maximum atomic E-state index is 5.80. The van der Waals surface area contributed by atoms with Crippen molar-refractivity contribution < 1.29 is 0 Å². The first-order valence-corrected chi connectivity index (χ1v) is 4.81. The van der Waals surface area contributed by atoms with Gasteiger partial charge < -0.3 is 5.73 Å². The van der Waals surface area contributed by atoms with Crippen molar-refractivity contribution in [2.24, 2.45) is 5.73 Å². The monoisotopic (exact) mass is 190 g/mol. The summed E-state index contributed by atoms with van der Waals surface area (Å²) in [6.45, 7) is 4.04. The second-order valence-electron chi connectivity index (χ2n) is 3.42. The average molecular weight is 190 g/mol. The summed E-state index contributed by atoms with van der Waals surface area (Å²) in [5.41, 5.74) is 8.75. The summed E-state index contributed by atoms with van der Waals surface area (Å²) >= 11 is 0. The number of fused-ring (bicyclic) bond motifs is 1. The zero-order valence-corrected chi connectivity index (χ0v) is 8.44. The third-order valence-electron chi connectivity index (χ3n) is 2.28. The second kappa shape index (κ2) is 3.38. The van der Waals surface area contributed by atoms with Crippen molar-refractivity contribution in [1.82, 2.24) is 14.6 Å². The van der Waals surface area contributed by atoms with E-state index in [2.05, 4.69) is 17.0 Å². The van der Waals surface area contributed by atoms with Crippen LogP contribution in [0.1, 0.15) is 31.3 Å². The number of rotatable bonds is 2. The van der Waals surface area contributed by atoms with E-state index in [4.69, 9.17) is 5.73 Å². The standard InChI is InChI=1S/C10H14N4/c1-3-8-6-9(7(2)11)13-10-4-5-12-14(8)10/h4-7H,3,11H2,1-2H3. The van der Waals surface area contributed by atoms with Gasteiger partial charge in [-0.15, -0.1) is 0 Å². The van der Waals surface area contributed by atoms with Crippen LogP contribution >= 0.6 is 0 Å². The van der Waals surface area contributed by atoms with Gasteiger partial charge in [0.05, 0.1) is 11.9 Å². The molecule has 0 aliphatic carbocycles. The summed E-state index contributed by atoms with van der Waals surface area (Å²) < 4.78 is 1.85. The molecule has 4 nitrogen and oxygen atoms in total. The molecule has 2 N–H and O–H groups in total.